The summed E-state index contributed by atoms with van der Waals surface area (Å²) in [6.45, 7) is 7.04. The summed E-state index contributed by atoms with van der Waals surface area (Å²) in [6, 6.07) is 16.6. The van der Waals surface area contributed by atoms with Crippen molar-refractivity contribution in [2.75, 3.05) is 26.2 Å². The Morgan fingerprint density at radius 1 is 1.00 bits per heavy atom. The molecule has 1 aliphatic rings. The van der Waals surface area contributed by atoms with Gasteiger partial charge in [0.1, 0.15) is 0 Å². The summed E-state index contributed by atoms with van der Waals surface area (Å²) in [5.74, 6) is 0. The minimum absolute atomic E-state index is 0.885. The summed E-state index contributed by atoms with van der Waals surface area (Å²) in [5, 5.41) is 10.7. The quantitative estimate of drug-likeness (QED) is 0.735. The summed E-state index contributed by atoms with van der Waals surface area (Å²) in [5.41, 5.74) is 3.59. The van der Waals surface area contributed by atoms with Gasteiger partial charge in [-0.25, -0.2) is 0 Å². The zero-order valence-electron chi connectivity index (χ0n) is 13.3. The first-order chi connectivity index (χ1) is 11.2. The highest BCUT2D eigenvalue weighted by Crippen LogP contribution is 2.18. The summed E-state index contributed by atoms with van der Waals surface area (Å²) in [4.78, 5) is 2.47. The van der Waals surface area contributed by atoms with Gasteiger partial charge in [-0.1, -0.05) is 51.0 Å². The van der Waals surface area contributed by atoms with Gasteiger partial charge in [0.15, 0.2) is 0 Å². The Labute approximate surface area is 145 Å². The molecule has 120 valence electrons. The third-order valence-electron chi connectivity index (χ3n) is 3.95. The number of hydrogen-bond acceptors (Lipinski definition) is 3. The SMILES string of the molecule is Cc1cccc(CN2CCN(/N=N/c3ccc(Br)cc3)CC2)c1. The molecule has 1 fully saturated rings. The molecule has 4 nitrogen and oxygen atoms in total. The van der Waals surface area contributed by atoms with Crippen LogP contribution in [0.5, 0.6) is 0 Å². The summed E-state index contributed by atoms with van der Waals surface area (Å²) >= 11 is 3.42. The van der Waals surface area contributed by atoms with Gasteiger partial charge in [-0.3, -0.25) is 9.91 Å². The fourth-order valence-corrected chi connectivity index (χ4v) is 2.94. The number of halogens is 1. The van der Waals surface area contributed by atoms with E-state index in [1.807, 2.05) is 24.3 Å². The Morgan fingerprint density at radius 2 is 1.74 bits per heavy atom. The third kappa shape index (κ3) is 4.88. The molecule has 1 heterocycles. The maximum atomic E-state index is 4.36. The van der Waals surface area contributed by atoms with E-state index < -0.39 is 0 Å². The van der Waals surface area contributed by atoms with Crippen molar-refractivity contribution in [1.82, 2.24) is 9.91 Å². The number of piperazine rings is 1. The second kappa shape index (κ2) is 7.70. The molecule has 3 rings (SSSR count). The van der Waals surface area contributed by atoms with E-state index in [0.717, 1.165) is 42.9 Å². The van der Waals surface area contributed by atoms with E-state index in [4.69, 9.17) is 0 Å². The molecule has 5 heteroatoms. The minimum atomic E-state index is 0.885. The molecule has 1 aliphatic heterocycles. The Kier molecular flexibility index (Phi) is 5.41. The van der Waals surface area contributed by atoms with Crippen molar-refractivity contribution in [1.29, 1.82) is 0 Å². The van der Waals surface area contributed by atoms with Crippen molar-refractivity contribution < 1.29 is 0 Å². The smallest absolute Gasteiger partial charge is 0.0875 e. The first-order valence-corrected chi connectivity index (χ1v) is 8.68. The van der Waals surface area contributed by atoms with Crippen LogP contribution in [0.1, 0.15) is 11.1 Å². The van der Waals surface area contributed by atoms with Gasteiger partial charge in [-0.15, -0.1) is 5.11 Å². The first-order valence-electron chi connectivity index (χ1n) is 7.89. The molecule has 0 unspecified atom stereocenters. The molecule has 0 bridgehead atoms. The molecular formula is C18H21BrN4. The van der Waals surface area contributed by atoms with Gasteiger partial charge in [0.2, 0.25) is 0 Å². The summed E-state index contributed by atoms with van der Waals surface area (Å²) < 4.78 is 1.06. The molecule has 0 amide bonds. The maximum Gasteiger partial charge on any atom is 0.0875 e. The standard InChI is InChI=1S/C18H21BrN4/c1-15-3-2-4-16(13-15)14-22-9-11-23(12-10-22)21-20-18-7-5-17(19)6-8-18/h2-8,13H,9-12,14H2,1H3/b21-20+. The van der Waals surface area contributed by atoms with Crippen LogP contribution in [0.2, 0.25) is 0 Å². The lowest BCUT2D eigenvalue weighted by molar-refractivity contribution is 0.124. The van der Waals surface area contributed by atoms with Crippen molar-refractivity contribution >= 4 is 21.6 Å². The van der Waals surface area contributed by atoms with Gasteiger partial charge in [0.05, 0.1) is 18.8 Å². The molecule has 0 aliphatic carbocycles. The Bertz CT molecular complexity index is 661. The van der Waals surface area contributed by atoms with Gasteiger partial charge in [-0.05, 0) is 36.8 Å². The van der Waals surface area contributed by atoms with Gasteiger partial charge < -0.3 is 0 Å². The fraction of sp³-hybridized carbons (Fsp3) is 0.333. The Hall–Kier alpha value is -1.72. The second-order valence-electron chi connectivity index (χ2n) is 5.88. The van der Waals surface area contributed by atoms with Crippen LogP contribution >= 0.6 is 15.9 Å². The first kappa shape index (κ1) is 16.1. The van der Waals surface area contributed by atoms with E-state index in [9.17, 15) is 0 Å². The lowest BCUT2D eigenvalue weighted by atomic mass is 10.1. The van der Waals surface area contributed by atoms with Crippen molar-refractivity contribution in [2.24, 2.45) is 10.3 Å². The van der Waals surface area contributed by atoms with E-state index in [1.54, 1.807) is 0 Å². The average Bonchev–Trinajstić information content (AvgIpc) is 2.56. The molecule has 0 saturated carbocycles. The van der Waals surface area contributed by atoms with E-state index in [2.05, 4.69) is 67.4 Å². The van der Waals surface area contributed by atoms with Crippen LogP contribution < -0.4 is 0 Å². The number of hydrogen-bond donors (Lipinski definition) is 0. The van der Waals surface area contributed by atoms with Crippen LogP contribution in [-0.4, -0.2) is 36.1 Å². The summed E-state index contributed by atoms with van der Waals surface area (Å²) in [6.07, 6.45) is 0. The number of rotatable bonds is 4. The van der Waals surface area contributed by atoms with Gasteiger partial charge in [0, 0.05) is 24.1 Å². The zero-order valence-corrected chi connectivity index (χ0v) is 14.9. The van der Waals surface area contributed by atoms with E-state index in [1.165, 1.54) is 11.1 Å². The molecule has 2 aromatic rings. The topological polar surface area (TPSA) is 31.2 Å². The van der Waals surface area contributed by atoms with Crippen molar-refractivity contribution in [2.45, 2.75) is 13.5 Å². The predicted molar refractivity (Wildman–Crippen MR) is 96.7 cm³/mol. The number of nitrogens with zero attached hydrogens (tertiary/aromatic N) is 4. The molecule has 0 radical (unpaired) electrons. The molecule has 0 spiro atoms. The largest absolute Gasteiger partial charge is 0.295 e. The zero-order chi connectivity index (χ0) is 16.1. The molecule has 0 N–H and O–H groups in total. The van der Waals surface area contributed by atoms with Crippen LogP contribution in [0.3, 0.4) is 0 Å². The highest BCUT2D eigenvalue weighted by molar-refractivity contribution is 9.10. The lowest BCUT2D eigenvalue weighted by Gasteiger charge is -2.32. The number of benzene rings is 2. The normalized spacial score (nSPS) is 16.2. The van der Waals surface area contributed by atoms with E-state index >= 15 is 0 Å². The molecule has 23 heavy (non-hydrogen) atoms. The lowest BCUT2D eigenvalue weighted by Crippen LogP contribution is -2.43. The van der Waals surface area contributed by atoms with Crippen molar-refractivity contribution in [3.05, 3.63) is 64.1 Å². The Morgan fingerprint density at radius 3 is 2.43 bits per heavy atom. The van der Waals surface area contributed by atoms with Crippen LogP contribution in [-0.2, 0) is 6.54 Å². The van der Waals surface area contributed by atoms with E-state index in [-0.39, 0.29) is 0 Å². The monoisotopic (exact) mass is 372 g/mol. The van der Waals surface area contributed by atoms with Crippen LogP contribution in [0.25, 0.3) is 0 Å². The van der Waals surface area contributed by atoms with Gasteiger partial charge >= 0.3 is 0 Å². The summed E-state index contributed by atoms with van der Waals surface area (Å²) in [7, 11) is 0. The van der Waals surface area contributed by atoms with Gasteiger partial charge in [-0.2, -0.15) is 0 Å². The highest BCUT2D eigenvalue weighted by Gasteiger charge is 2.15. The molecule has 1 saturated heterocycles. The second-order valence-corrected chi connectivity index (χ2v) is 6.80. The fourth-order valence-electron chi connectivity index (χ4n) is 2.68. The third-order valence-corrected chi connectivity index (χ3v) is 4.48. The van der Waals surface area contributed by atoms with Crippen molar-refractivity contribution in [3.63, 3.8) is 0 Å². The van der Waals surface area contributed by atoms with Crippen LogP contribution in [0.15, 0.2) is 63.3 Å². The van der Waals surface area contributed by atoms with E-state index in [0.29, 0.717) is 0 Å². The molecule has 0 atom stereocenters. The predicted octanol–water partition coefficient (Wildman–Crippen LogP) is 4.57. The van der Waals surface area contributed by atoms with Crippen LogP contribution in [0.4, 0.5) is 5.69 Å². The maximum absolute atomic E-state index is 4.36. The molecule has 0 aromatic heterocycles. The highest BCUT2D eigenvalue weighted by atomic mass is 79.9. The van der Waals surface area contributed by atoms with Crippen molar-refractivity contribution in [3.8, 4) is 0 Å². The Balaban J connectivity index is 1.49. The number of aryl methyl sites for hydroxylation is 1. The average molecular weight is 373 g/mol. The van der Waals surface area contributed by atoms with Gasteiger partial charge in [0.25, 0.3) is 0 Å². The molecular weight excluding hydrogens is 352 g/mol. The molecule has 2 aromatic carbocycles. The van der Waals surface area contributed by atoms with Crippen LogP contribution in [0, 0.1) is 6.92 Å². The minimum Gasteiger partial charge on any atom is -0.295 e.